The molecule has 0 saturated heterocycles. The molecule has 0 amide bonds. The minimum Gasteiger partial charge on any atom is -0.497 e. The Morgan fingerprint density at radius 1 is 0.900 bits per heavy atom. The summed E-state index contributed by atoms with van der Waals surface area (Å²) in [6, 6.07) is 15.1. The Bertz CT molecular complexity index is 1030. The molecule has 7 nitrogen and oxygen atoms in total. The zero-order valence-electron chi connectivity index (χ0n) is 17.1. The number of aromatic nitrogens is 2. The molecule has 0 aliphatic heterocycles. The lowest BCUT2D eigenvalue weighted by Crippen LogP contribution is -2.17. The standard InChI is InChI=1S/C23H24N4O3/c1-3-30-18-13-9-16(10-14-18)25-23-26-19-5-4-6-20(28)21(19)22(27-23)24-15-7-11-17(29-2)12-8-15/h7-14H,3-6H2,1-2H3,(H2,24,25,26,27). The molecule has 0 saturated carbocycles. The van der Waals surface area contributed by atoms with Crippen LogP contribution in [0.4, 0.5) is 23.1 Å². The molecule has 0 spiro atoms. The second-order valence-electron chi connectivity index (χ2n) is 6.93. The zero-order chi connectivity index (χ0) is 20.9. The molecule has 1 aromatic heterocycles. The predicted octanol–water partition coefficient (Wildman–Crippen LogP) is 4.89. The minimum atomic E-state index is 0.0693. The topological polar surface area (TPSA) is 85.4 Å². The van der Waals surface area contributed by atoms with Crippen molar-refractivity contribution in [2.24, 2.45) is 0 Å². The van der Waals surface area contributed by atoms with E-state index >= 15 is 0 Å². The third-order valence-electron chi connectivity index (χ3n) is 4.85. The highest BCUT2D eigenvalue weighted by Crippen LogP contribution is 2.30. The average Bonchev–Trinajstić information content (AvgIpc) is 2.76. The van der Waals surface area contributed by atoms with Gasteiger partial charge in [-0.25, -0.2) is 4.98 Å². The minimum absolute atomic E-state index is 0.0693. The summed E-state index contributed by atoms with van der Waals surface area (Å²) in [5, 5.41) is 6.51. The van der Waals surface area contributed by atoms with Crippen molar-refractivity contribution < 1.29 is 14.3 Å². The van der Waals surface area contributed by atoms with Crippen LogP contribution in [0, 0.1) is 0 Å². The van der Waals surface area contributed by atoms with Gasteiger partial charge >= 0.3 is 0 Å². The van der Waals surface area contributed by atoms with Crippen molar-refractivity contribution in [2.75, 3.05) is 24.4 Å². The Hall–Kier alpha value is -3.61. The predicted molar refractivity (Wildman–Crippen MR) is 116 cm³/mol. The maximum Gasteiger partial charge on any atom is 0.229 e. The molecule has 0 atom stereocenters. The maximum atomic E-state index is 12.6. The Morgan fingerprint density at radius 2 is 1.57 bits per heavy atom. The Kier molecular flexibility index (Phi) is 5.79. The number of rotatable bonds is 7. The monoisotopic (exact) mass is 404 g/mol. The highest BCUT2D eigenvalue weighted by Gasteiger charge is 2.24. The number of anilines is 4. The third kappa shape index (κ3) is 4.35. The van der Waals surface area contributed by atoms with E-state index in [2.05, 4.69) is 20.6 Å². The molecule has 1 aliphatic carbocycles. The maximum absolute atomic E-state index is 12.6. The van der Waals surface area contributed by atoms with Crippen LogP contribution in [-0.2, 0) is 6.42 Å². The van der Waals surface area contributed by atoms with Gasteiger partial charge in [0.05, 0.1) is 25.0 Å². The molecule has 30 heavy (non-hydrogen) atoms. The van der Waals surface area contributed by atoms with Gasteiger partial charge in [0, 0.05) is 17.8 Å². The second kappa shape index (κ2) is 8.82. The Balaban J connectivity index is 1.64. The summed E-state index contributed by atoms with van der Waals surface area (Å²) in [6.45, 7) is 2.57. The van der Waals surface area contributed by atoms with E-state index in [1.165, 1.54) is 0 Å². The van der Waals surface area contributed by atoms with Crippen molar-refractivity contribution in [1.29, 1.82) is 0 Å². The molecule has 7 heteroatoms. The van der Waals surface area contributed by atoms with Crippen LogP contribution in [0.2, 0.25) is 0 Å². The number of carbonyl (C=O) groups is 1. The van der Waals surface area contributed by atoms with E-state index in [0.29, 0.717) is 30.4 Å². The number of hydrogen-bond acceptors (Lipinski definition) is 7. The molecule has 0 unspecified atom stereocenters. The molecular weight excluding hydrogens is 380 g/mol. The zero-order valence-corrected chi connectivity index (χ0v) is 17.1. The van der Waals surface area contributed by atoms with Gasteiger partial charge in [0.2, 0.25) is 5.95 Å². The average molecular weight is 404 g/mol. The van der Waals surface area contributed by atoms with Gasteiger partial charge in [-0.3, -0.25) is 4.79 Å². The molecule has 154 valence electrons. The molecule has 4 rings (SSSR count). The smallest absolute Gasteiger partial charge is 0.229 e. The first kappa shape index (κ1) is 19.7. The molecule has 1 heterocycles. The summed E-state index contributed by atoms with van der Waals surface area (Å²) in [7, 11) is 1.63. The van der Waals surface area contributed by atoms with E-state index in [0.717, 1.165) is 41.4 Å². The highest BCUT2D eigenvalue weighted by atomic mass is 16.5. The van der Waals surface area contributed by atoms with Crippen LogP contribution in [0.15, 0.2) is 48.5 Å². The highest BCUT2D eigenvalue weighted by molar-refractivity contribution is 6.03. The number of ketones is 1. The largest absolute Gasteiger partial charge is 0.497 e. The fourth-order valence-electron chi connectivity index (χ4n) is 3.41. The normalized spacial score (nSPS) is 12.8. The van der Waals surface area contributed by atoms with E-state index < -0.39 is 0 Å². The van der Waals surface area contributed by atoms with Gasteiger partial charge in [-0.15, -0.1) is 0 Å². The summed E-state index contributed by atoms with van der Waals surface area (Å²) in [4.78, 5) is 21.8. The molecular formula is C23H24N4O3. The van der Waals surface area contributed by atoms with Crippen LogP contribution in [0.3, 0.4) is 0 Å². The summed E-state index contributed by atoms with van der Waals surface area (Å²) in [5.41, 5.74) is 3.01. The molecule has 3 aromatic rings. The number of methoxy groups -OCH3 is 1. The van der Waals surface area contributed by atoms with Gasteiger partial charge in [0.1, 0.15) is 17.3 Å². The lowest BCUT2D eigenvalue weighted by atomic mass is 9.95. The Labute approximate surface area is 175 Å². The SMILES string of the molecule is CCOc1ccc(Nc2nc3c(c(Nc4ccc(OC)cc4)n2)C(=O)CCC3)cc1. The third-order valence-corrected chi connectivity index (χ3v) is 4.85. The van der Waals surface area contributed by atoms with Gasteiger partial charge in [-0.05, 0) is 68.3 Å². The van der Waals surface area contributed by atoms with Gasteiger partial charge in [-0.1, -0.05) is 0 Å². The van der Waals surface area contributed by atoms with E-state index in [-0.39, 0.29) is 5.78 Å². The second-order valence-corrected chi connectivity index (χ2v) is 6.93. The fourth-order valence-corrected chi connectivity index (χ4v) is 3.41. The molecule has 0 radical (unpaired) electrons. The molecule has 0 bridgehead atoms. The van der Waals surface area contributed by atoms with Crippen LogP contribution < -0.4 is 20.1 Å². The van der Waals surface area contributed by atoms with Crippen molar-refractivity contribution in [2.45, 2.75) is 26.2 Å². The number of nitrogens with zero attached hydrogens (tertiary/aromatic N) is 2. The quantitative estimate of drug-likeness (QED) is 0.580. The summed E-state index contributed by atoms with van der Waals surface area (Å²) in [5.74, 6) is 2.60. The first-order valence-corrected chi connectivity index (χ1v) is 10.0. The number of aryl methyl sites for hydroxylation is 1. The summed E-state index contributed by atoms with van der Waals surface area (Å²) in [6.07, 6.45) is 2.06. The van der Waals surface area contributed by atoms with Gasteiger partial charge in [0.25, 0.3) is 0 Å². The molecule has 2 aromatic carbocycles. The number of nitrogens with one attached hydrogen (secondary N) is 2. The van der Waals surface area contributed by atoms with E-state index in [4.69, 9.17) is 9.47 Å². The Morgan fingerprint density at radius 3 is 2.23 bits per heavy atom. The van der Waals surface area contributed by atoms with Crippen molar-refractivity contribution >= 4 is 28.9 Å². The van der Waals surface area contributed by atoms with Crippen LogP contribution in [-0.4, -0.2) is 29.5 Å². The lowest BCUT2D eigenvalue weighted by Gasteiger charge is -2.19. The number of carbonyl (C=O) groups excluding carboxylic acids is 1. The first-order valence-electron chi connectivity index (χ1n) is 10.0. The van der Waals surface area contributed by atoms with E-state index in [1.54, 1.807) is 7.11 Å². The first-order chi connectivity index (χ1) is 14.7. The number of Topliss-reactive ketones (excluding diaryl/α,β-unsaturated/α-hetero) is 1. The van der Waals surface area contributed by atoms with Crippen molar-refractivity contribution in [3.63, 3.8) is 0 Å². The van der Waals surface area contributed by atoms with Gasteiger partial charge < -0.3 is 20.1 Å². The van der Waals surface area contributed by atoms with E-state index in [9.17, 15) is 4.79 Å². The van der Waals surface area contributed by atoms with Crippen molar-refractivity contribution in [1.82, 2.24) is 9.97 Å². The van der Waals surface area contributed by atoms with Crippen LogP contribution in [0.25, 0.3) is 0 Å². The van der Waals surface area contributed by atoms with E-state index in [1.807, 2.05) is 55.5 Å². The van der Waals surface area contributed by atoms with Gasteiger partial charge in [0.15, 0.2) is 5.78 Å². The number of ether oxygens (including phenoxy) is 2. The van der Waals surface area contributed by atoms with Crippen molar-refractivity contribution in [3.05, 3.63) is 59.8 Å². The number of benzene rings is 2. The summed E-state index contributed by atoms with van der Waals surface area (Å²) < 4.78 is 10.7. The summed E-state index contributed by atoms with van der Waals surface area (Å²) >= 11 is 0. The van der Waals surface area contributed by atoms with Crippen LogP contribution in [0.1, 0.15) is 35.8 Å². The molecule has 0 fully saturated rings. The molecule has 2 N–H and O–H groups in total. The van der Waals surface area contributed by atoms with Gasteiger partial charge in [-0.2, -0.15) is 4.98 Å². The lowest BCUT2D eigenvalue weighted by molar-refractivity contribution is 0.0972. The van der Waals surface area contributed by atoms with Crippen LogP contribution in [0.5, 0.6) is 11.5 Å². The van der Waals surface area contributed by atoms with Crippen LogP contribution >= 0.6 is 0 Å². The van der Waals surface area contributed by atoms with Crippen molar-refractivity contribution in [3.8, 4) is 11.5 Å². The fraction of sp³-hybridized carbons (Fsp3) is 0.261. The molecule has 1 aliphatic rings. The number of hydrogen-bond donors (Lipinski definition) is 2. The number of fused-ring (bicyclic) bond motifs is 1.